The molecule has 17 heavy (non-hydrogen) atoms. The van der Waals surface area contributed by atoms with Gasteiger partial charge in [0.25, 0.3) is 5.91 Å². The first-order chi connectivity index (χ1) is 8.16. The van der Waals surface area contributed by atoms with E-state index >= 15 is 0 Å². The Balaban J connectivity index is 2.22. The Hall–Kier alpha value is -2.34. The molecule has 6 nitrogen and oxygen atoms in total. The number of nitrogens with one attached hydrogen (secondary N) is 2. The third-order valence-electron chi connectivity index (χ3n) is 2.51. The molecule has 85 valence electrons. The van der Waals surface area contributed by atoms with E-state index in [1.54, 1.807) is 24.8 Å². The zero-order valence-corrected chi connectivity index (χ0v) is 8.44. The van der Waals surface area contributed by atoms with E-state index in [1.807, 2.05) is 6.07 Å². The largest absolute Gasteiger partial charge is 0.598 e. The second-order valence-electron chi connectivity index (χ2n) is 3.55. The highest BCUT2D eigenvalue weighted by Gasteiger charge is 2.30. The summed E-state index contributed by atoms with van der Waals surface area (Å²) in [5.74, 6) is -0.950. The zero-order chi connectivity index (χ0) is 12.0. The van der Waals surface area contributed by atoms with Crippen LogP contribution >= 0.6 is 0 Å². The van der Waals surface area contributed by atoms with Crippen molar-refractivity contribution in [3.63, 3.8) is 0 Å². The zero-order valence-electron chi connectivity index (χ0n) is 8.44. The van der Waals surface area contributed by atoms with Crippen molar-refractivity contribution >= 4 is 11.8 Å². The summed E-state index contributed by atoms with van der Waals surface area (Å²) >= 11 is 0. The molecule has 1 unspecified atom stereocenters. The van der Waals surface area contributed by atoms with Crippen molar-refractivity contribution in [2.24, 2.45) is 0 Å². The molecule has 1 aromatic heterocycles. The van der Waals surface area contributed by atoms with Crippen molar-refractivity contribution in [2.45, 2.75) is 0 Å². The Morgan fingerprint density at radius 2 is 2.18 bits per heavy atom. The van der Waals surface area contributed by atoms with E-state index < -0.39 is 17.3 Å². The summed E-state index contributed by atoms with van der Waals surface area (Å²) in [5, 5.41) is 13.8. The van der Waals surface area contributed by atoms with Crippen LogP contribution in [0.2, 0.25) is 0 Å². The molecule has 1 radical (unpaired) electrons. The van der Waals surface area contributed by atoms with Crippen LogP contribution in [0.1, 0.15) is 10.4 Å². The van der Waals surface area contributed by atoms with Crippen molar-refractivity contribution in [3.8, 4) is 5.95 Å². The molecule has 3 heterocycles. The van der Waals surface area contributed by atoms with Crippen LogP contribution in [0.4, 0.5) is 5.88 Å². The van der Waals surface area contributed by atoms with Gasteiger partial charge in [0.15, 0.2) is 6.54 Å². The molecule has 0 fully saturated rings. The van der Waals surface area contributed by atoms with Crippen LogP contribution in [0.25, 0.3) is 0 Å². The van der Waals surface area contributed by atoms with Gasteiger partial charge in [-0.05, 0) is 12.0 Å². The average Bonchev–Trinajstić information content (AvgIpc) is 2.28. The summed E-state index contributed by atoms with van der Waals surface area (Å²) < 4.78 is 4.76. The number of hydrogen-bond donors (Lipinski definition) is 2. The van der Waals surface area contributed by atoms with Crippen LogP contribution in [-0.4, -0.2) is 5.91 Å². The van der Waals surface area contributed by atoms with Crippen LogP contribution in [0.3, 0.4) is 0 Å². The van der Waals surface area contributed by atoms with E-state index in [0.29, 0.717) is 10.7 Å². The minimum absolute atomic E-state index is 0.109. The molecule has 6 heteroatoms. The van der Waals surface area contributed by atoms with Gasteiger partial charge in [-0.15, -0.1) is 0 Å². The van der Waals surface area contributed by atoms with Gasteiger partial charge in [-0.1, -0.05) is 6.08 Å². The SMILES string of the molecule is O=C1c2c(oc([O-])[c-]c2=O)NC2=CC=C[CH][NH+]12. The number of rotatable bonds is 0. The summed E-state index contributed by atoms with van der Waals surface area (Å²) in [4.78, 5) is 23.9. The van der Waals surface area contributed by atoms with Gasteiger partial charge in [0, 0.05) is 23.0 Å². The van der Waals surface area contributed by atoms with E-state index in [1.165, 1.54) is 0 Å². The minimum Gasteiger partial charge on any atom is -0.598 e. The average molecular weight is 230 g/mol. The van der Waals surface area contributed by atoms with Gasteiger partial charge in [0.2, 0.25) is 5.82 Å². The first-order valence-corrected chi connectivity index (χ1v) is 4.85. The third kappa shape index (κ3) is 1.38. The molecule has 2 N–H and O–H groups in total. The van der Waals surface area contributed by atoms with Gasteiger partial charge >= 0.3 is 0 Å². The third-order valence-corrected chi connectivity index (χ3v) is 2.51. The van der Waals surface area contributed by atoms with E-state index in [9.17, 15) is 14.7 Å². The lowest BCUT2D eigenvalue weighted by atomic mass is 10.1. The molecule has 0 spiro atoms. The first-order valence-electron chi connectivity index (χ1n) is 4.85. The Labute approximate surface area is 95.5 Å². The number of amides is 1. The van der Waals surface area contributed by atoms with Crippen molar-refractivity contribution in [1.82, 2.24) is 0 Å². The molecular weight excluding hydrogens is 224 g/mol. The molecule has 0 bridgehead atoms. The van der Waals surface area contributed by atoms with Crippen LogP contribution in [0, 0.1) is 12.6 Å². The van der Waals surface area contributed by atoms with Gasteiger partial charge < -0.3 is 19.6 Å². The summed E-state index contributed by atoms with van der Waals surface area (Å²) in [6, 6.07) is 1.92. The Morgan fingerprint density at radius 3 is 3.00 bits per heavy atom. The number of quaternary nitrogens is 1. The molecule has 0 aromatic carbocycles. The van der Waals surface area contributed by atoms with E-state index in [4.69, 9.17) is 4.42 Å². The van der Waals surface area contributed by atoms with Crippen molar-refractivity contribution in [2.75, 3.05) is 5.32 Å². The highest BCUT2D eigenvalue weighted by molar-refractivity contribution is 5.95. The van der Waals surface area contributed by atoms with Crippen LogP contribution in [-0.2, 0) is 0 Å². The smallest absolute Gasteiger partial charge is 0.277 e. The Bertz CT molecular complexity index is 627. The summed E-state index contributed by atoms with van der Waals surface area (Å²) in [6.07, 6.45) is 5.09. The predicted molar refractivity (Wildman–Crippen MR) is 53.7 cm³/mol. The molecule has 3 rings (SSSR count). The molecule has 0 aliphatic carbocycles. The quantitative estimate of drug-likeness (QED) is 0.532. The topological polar surface area (TPSA) is 86.8 Å². The van der Waals surface area contributed by atoms with Gasteiger partial charge in [-0.25, -0.2) is 9.69 Å². The molecule has 1 aromatic rings. The van der Waals surface area contributed by atoms with Crippen molar-refractivity contribution < 1.29 is 19.2 Å². The highest BCUT2D eigenvalue weighted by atomic mass is 16.5. The molecule has 1 amide bonds. The monoisotopic (exact) mass is 230 g/mol. The molecule has 0 saturated heterocycles. The highest BCUT2D eigenvalue weighted by Crippen LogP contribution is 2.19. The summed E-state index contributed by atoms with van der Waals surface area (Å²) in [5.41, 5.74) is -0.924. The van der Waals surface area contributed by atoms with Crippen molar-refractivity contribution in [1.29, 1.82) is 0 Å². The maximum Gasteiger partial charge on any atom is 0.277 e. The van der Waals surface area contributed by atoms with Crippen molar-refractivity contribution in [3.05, 3.63) is 52.4 Å². The number of fused-ring (bicyclic) bond motifs is 2. The minimum atomic E-state index is -0.895. The normalized spacial score (nSPS) is 21.3. The molecule has 2 aliphatic heterocycles. The number of carbonyl (C=O) groups is 1. The standard InChI is InChI=1S/C11H7N2O4/c14-6-5-8(15)17-10-9(6)11(16)13-4-2-1-3-7(13)12-10/h1-4,12-13,15H/p-1. The number of carbonyl (C=O) groups excluding carboxylic acids is 1. The van der Waals surface area contributed by atoms with Gasteiger partial charge in [-0.3, -0.25) is 0 Å². The van der Waals surface area contributed by atoms with E-state index in [0.717, 1.165) is 0 Å². The predicted octanol–water partition coefficient (Wildman–Crippen LogP) is -1.46. The lowest BCUT2D eigenvalue weighted by Crippen LogP contribution is -3.12. The lowest BCUT2D eigenvalue weighted by molar-refractivity contribution is -0.732. The maximum atomic E-state index is 12.0. The molecule has 2 aliphatic rings. The van der Waals surface area contributed by atoms with Gasteiger partial charge in [-0.2, -0.15) is 6.07 Å². The lowest BCUT2D eigenvalue weighted by Gasteiger charge is -2.32. The Kier molecular flexibility index (Phi) is 1.93. The van der Waals surface area contributed by atoms with Crippen LogP contribution in [0.5, 0.6) is 5.95 Å². The maximum absolute atomic E-state index is 12.0. The Morgan fingerprint density at radius 1 is 1.35 bits per heavy atom. The summed E-state index contributed by atoms with van der Waals surface area (Å²) in [7, 11) is 0. The van der Waals surface area contributed by atoms with E-state index in [-0.39, 0.29) is 11.4 Å². The molecular formula is C11H6N2O4-. The van der Waals surface area contributed by atoms with Crippen LogP contribution < -0.4 is 20.8 Å². The fourth-order valence-electron chi connectivity index (χ4n) is 1.77. The second-order valence-corrected chi connectivity index (χ2v) is 3.55. The first kappa shape index (κ1) is 9.86. The second kappa shape index (κ2) is 3.33. The fourth-order valence-corrected chi connectivity index (χ4v) is 1.77. The van der Waals surface area contributed by atoms with E-state index in [2.05, 4.69) is 5.32 Å². The molecule has 0 saturated carbocycles. The van der Waals surface area contributed by atoms with Gasteiger partial charge in [0.05, 0.1) is 0 Å². The van der Waals surface area contributed by atoms with Crippen LogP contribution in [0.15, 0.2) is 33.3 Å². The number of anilines is 1. The summed E-state index contributed by atoms with van der Waals surface area (Å²) in [6.45, 7) is 1.60. The fraction of sp³-hybridized carbons (Fsp3) is 0. The molecule has 1 atom stereocenters. The van der Waals surface area contributed by atoms with Gasteiger partial charge in [0.1, 0.15) is 0 Å². The number of hydrogen-bond acceptors (Lipinski definition) is 5. The number of allylic oxidation sites excluding steroid dienone is 2.